The number of aromatic nitrogens is 2. The summed E-state index contributed by atoms with van der Waals surface area (Å²) in [6.45, 7) is 2.71. The number of nitrogens with one attached hydrogen (secondary N) is 2. The van der Waals surface area contributed by atoms with Gasteiger partial charge in [0.1, 0.15) is 0 Å². The molecule has 168 valence electrons. The summed E-state index contributed by atoms with van der Waals surface area (Å²) < 4.78 is 2.03. The van der Waals surface area contributed by atoms with Crippen LogP contribution in [0.15, 0.2) is 29.1 Å². The second kappa shape index (κ2) is 11.8. The minimum Gasteiger partial charge on any atom is -0.356 e. The Labute approximate surface area is 187 Å². The van der Waals surface area contributed by atoms with Crippen LogP contribution in [0.25, 0.3) is 10.9 Å². The van der Waals surface area contributed by atoms with Gasteiger partial charge in [-0.1, -0.05) is 25.0 Å². The minimum absolute atomic E-state index is 0.0438. The molecule has 0 bridgehead atoms. The van der Waals surface area contributed by atoms with Crippen molar-refractivity contribution in [2.75, 3.05) is 19.6 Å². The number of likely N-dealkylation sites (tertiary alicyclic amines) is 1. The van der Waals surface area contributed by atoms with E-state index in [1.807, 2.05) is 23.1 Å². The number of unbranched alkanes of at least 4 members (excludes halogenated alkanes) is 2. The Morgan fingerprint density at radius 2 is 1.87 bits per heavy atom. The zero-order chi connectivity index (χ0) is 22.1. The first kappa shape index (κ1) is 23.2. The second-order valence-electron chi connectivity index (χ2n) is 8.14. The van der Waals surface area contributed by atoms with E-state index in [1.54, 1.807) is 10.6 Å². The molecule has 2 N–H and O–H groups in total. The van der Waals surface area contributed by atoms with E-state index < -0.39 is 0 Å². The maximum atomic E-state index is 12.6. The Balaban J connectivity index is 1.32. The molecular formula is C23H32N4O3S. The largest absolute Gasteiger partial charge is 0.356 e. The maximum Gasteiger partial charge on any atom is 0.262 e. The molecule has 7 nitrogen and oxygen atoms in total. The highest BCUT2D eigenvalue weighted by atomic mass is 32.1. The van der Waals surface area contributed by atoms with Crippen LogP contribution in [0.4, 0.5) is 0 Å². The summed E-state index contributed by atoms with van der Waals surface area (Å²) in [5, 5.41) is 3.58. The first-order valence-electron chi connectivity index (χ1n) is 11.3. The van der Waals surface area contributed by atoms with Crippen molar-refractivity contribution < 1.29 is 9.59 Å². The van der Waals surface area contributed by atoms with Crippen molar-refractivity contribution in [3.05, 3.63) is 39.4 Å². The molecule has 0 aliphatic carbocycles. The SMILES string of the molecule is O=C(CCCCCn1c(=S)[nH]c2ccccc2c1=O)NCCCN1CCCCCC1=O. The molecule has 2 heterocycles. The van der Waals surface area contributed by atoms with Crippen molar-refractivity contribution in [3.8, 4) is 0 Å². The lowest BCUT2D eigenvalue weighted by molar-refractivity contribution is -0.130. The van der Waals surface area contributed by atoms with Gasteiger partial charge in [0.2, 0.25) is 11.8 Å². The number of rotatable bonds is 10. The van der Waals surface area contributed by atoms with Gasteiger partial charge < -0.3 is 15.2 Å². The number of H-pyrrole nitrogens is 1. The van der Waals surface area contributed by atoms with Gasteiger partial charge in [0.05, 0.1) is 10.9 Å². The molecule has 3 rings (SSSR count). The zero-order valence-corrected chi connectivity index (χ0v) is 18.8. The van der Waals surface area contributed by atoms with Gasteiger partial charge in [-0.15, -0.1) is 0 Å². The summed E-state index contributed by atoms with van der Waals surface area (Å²) in [5.41, 5.74) is 0.686. The van der Waals surface area contributed by atoms with E-state index in [0.29, 0.717) is 36.1 Å². The Hall–Kier alpha value is -2.48. The third-order valence-electron chi connectivity index (χ3n) is 5.77. The highest BCUT2D eigenvalue weighted by molar-refractivity contribution is 7.71. The van der Waals surface area contributed by atoms with Crippen molar-refractivity contribution in [1.82, 2.24) is 19.8 Å². The molecule has 0 atom stereocenters. The highest BCUT2D eigenvalue weighted by Crippen LogP contribution is 2.11. The van der Waals surface area contributed by atoms with Gasteiger partial charge >= 0.3 is 0 Å². The first-order chi connectivity index (χ1) is 15.1. The molecule has 1 aromatic carbocycles. The molecule has 0 radical (unpaired) electrons. The molecule has 0 spiro atoms. The molecule has 1 aliphatic rings. The van der Waals surface area contributed by atoms with Gasteiger partial charge in [0, 0.05) is 39.0 Å². The molecular weight excluding hydrogens is 412 g/mol. The molecule has 2 amide bonds. The molecule has 0 saturated carbocycles. The van der Waals surface area contributed by atoms with E-state index in [1.165, 1.54) is 0 Å². The van der Waals surface area contributed by atoms with Crippen molar-refractivity contribution in [2.45, 2.75) is 64.3 Å². The number of amides is 2. The van der Waals surface area contributed by atoms with Crippen LogP contribution >= 0.6 is 12.2 Å². The minimum atomic E-state index is -0.0695. The van der Waals surface area contributed by atoms with Crippen molar-refractivity contribution in [1.29, 1.82) is 0 Å². The molecule has 1 aromatic heterocycles. The van der Waals surface area contributed by atoms with Crippen molar-refractivity contribution in [3.63, 3.8) is 0 Å². The van der Waals surface area contributed by atoms with Gasteiger partial charge in [-0.3, -0.25) is 19.0 Å². The molecule has 1 saturated heterocycles. The summed E-state index contributed by atoms with van der Waals surface area (Å²) in [7, 11) is 0. The lowest BCUT2D eigenvalue weighted by Crippen LogP contribution is -2.33. The van der Waals surface area contributed by atoms with Gasteiger partial charge in [-0.05, 0) is 56.5 Å². The van der Waals surface area contributed by atoms with Gasteiger partial charge in [-0.25, -0.2) is 0 Å². The average molecular weight is 445 g/mol. The molecule has 1 fully saturated rings. The second-order valence-corrected chi connectivity index (χ2v) is 8.52. The zero-order valence-electron chi connectivity index (χ0n) is 18.0. The molecule has 1 aliphatic heterocycles. The van der Waals surface area contributed by atoms with E-state index in [-0.39, 0.29) is 17.4 Å². The standard InChI is InChI=1S/C23H32N4O3S/c28-20(24-14-9-16-26-15-7-2-4-13-21(26)29)12-3-1-8-17-27-22(30)18-10-5-6-11-19(18)25-23(27)31/h5-6,10-11H,1-4,7-9,12-17H2,(H,24,28)(H,25,31). The third kappa shape index (κ3) is 6.75. The number of benzene rings is 1. The molecule has 0 unspecified atom stereocenters. The van der Waals surface area contributed by atoms with Crippen LogP contribution in [-0.2, 0) is 16.1 Å². The van der Waals surface area contributed by atoms with Gasteiger partial charge in [0.15, 0.2) is 4.77 Å². The van der Waals surface area contributed by atoms with Crippen LogP contribution < -0.4 is 10.9 Å². The number of hydrogen-bond acceptors (Lipinski definition) is 4. The number of aromatic amines is 1. The maximum absolute atomic E-state index is 12.6. The molecule has 8 heteroatoms. The lowest BCUT2D eigenvalue weighted by atomic mass is 10.2. The fourth-order valence-electron chi connectivity index (χ4n) is 4.00. The van der Waals surface area contributed by atoms with E-state index in [0.717, 1.165) is 63.6 Å². The van der Waals surface area contributed by atoms with Crippen LogP contribution in [0.5, 0.6) is 0 Å². The number of hydrogen-bond donors (Lipinski definition) is 2. The Bertz CT molecular complexity index is 1010. The predicted octanol–water partition coefficient (Wildman–Crippen LogP) is 3.53. The van der Waals surface area contributed by atoms with Crippen molar-refractivity contribution >= 4 is 34.9 Å². The monoisotopic (exact) mass is 444 g/mol. The normalized spacial score (nSPS) is 14.6. The lowest BCUT2D eigenvalue weighted by Gasteiger charge is -2.20. The van der Waals surface area contributed by atoms with E-state index in [4.69, 9.17) is 12.2 Å². The average Bonchev–Trinajstić information content (AvgIpc) is 2.97. The Kier molecular flexibility index (Phi) is 8.82. The third-order valence-corrected chi connectivity index (χ3v) is 6.10. The van der Waals surface area contributed by atoms with Gasteiger partial charge in [-0.2, -0.15) is 0 Å². The van der Waals surface area contributed by atoms with E-state index in [9.17, 15) is 14.4 Å². The summed E-state index contributed by atoms with van der Waals surface area (Å²) in [4.78, 5) is 41.6. The smallest absolute Gasteiger partial charge is 0.262 e. The van der Waals surface area contributed by atoms with E-state index in [2.05, 4.69) is 10.3 Å². The van der Waals surface area contributed by atoms with Crippen LogP contribution in [0.3, 0.4) is 0 Å². The predicted molar refractivity (Wildman–Crippen MR) is 125 cm³/mol. The van der Waals surface area contributed by atoms with Crippen LogP contribution in [0.2, 0.25) is 0 Å². The number of carbonyl (C=O) groups is 2. The topological polar surface area (TPSA) is 87.2 Å². The summed E-state index contributed by atoms with van der Waals surface area (Å²) in [5.74, 6) is 0.288. The van der Waals surface area contributed by atoms with Crippen LogP contribution in [0, 0.1) is 4.77 Å². The van der Waals surface area contributed by atoms with Crippen LogP contribution in [0.1, 0.15) is 57.8 Å². The van der Waals surface area contributed by atoms with Crippen molar-refractivity contribution in [2.24, 2.45) is 0 Å². The summed E-state index contributed by atoms with van der Waals surface area (Å²) in [6.07, 6.45) is 7.53. The fraction of sp³-hybridized carbons (Fsp3) is 0.565. The molecule has 2 aromatic rings. The highest BCUT2D eigenvalue weighted by Gasteiger charge is 2.15. The summed E-state index contributed by atoms with van der Waals surface area (Å²) in [6, 6.07) is 7.36. The number of carbonyl (C=O) groups excluding carboxylic acids is 2. The van der Waals surface area contributed by atoms with E-state index >= 15 is 0 Å². The van der Waals surface area contributed by atoms with Crippen LogP contribution in [-0.4, -0.2) is 45.9 Å². The summed E-state index contributed by atoms with van der Waals surface area (Å²) >= 11 is 5.33. The van der Waals surface area contributed by atoms with Gasteiger partial charge in [0.25, 0.3) is 5.56 Å². The molecule has 31 heavy (non-hydrogen) atoms. The number of nitrogens with zero attached hydrogens (tertiary/aromatic N) is 2. The Morgan fingerprint density at radius 1 is 1.03 bits per heavy atom. The quantitative estimate of drug-likeness (QED) is 0.434. The number of fused-ring (bicyclic) bond motifs is 1. The Morgan fingerprint density at radius 3 is 2.74 bits per heavy atom. The number of para-hydroxylation sites is 1. The fourth-order valence-corrected chi connectivity index (χ4v) is 4.28. The first-order valence-corrected chi connectivity index (χ1v) is 11.7.